The normalized spacial score (nSPS) is 15.4. The second-order valence-electron chi connectivity index (χ2n) is 4.75. The molecule has 0 aromatic carbocycles. The highest BCUT2D eigenvalue weighted by Gasteiger charge is 2.35. The van der Waals surface area contributed by atoms with E-state index in [9.17, 15) is 9.59 Å². The van der Waals surface area contributed by atoms with Gasteiger partial charge in [0.2, 0.25) is 9.70 Å². The van der Waals surface area contributed by atoms with Crippen molar-refractivity contribution in [1.29, 1.82) is 0 Å². The van der Waals surface area contributed by atoms with Gasteiger partial charge in [0.05, 0.1) is 5.56 Å². The summed E-state index contributed by atoms with van der Waals surface area (Å²) in [5, 5.41) is 5.95. The molecule has 1 atom stereocenters. The third-order valence-corrected chi connectivity index (χ3v) is 5.00. The third kappa shape index (κ3) is 3.74. The highest BCUT2D eigenvalue weighted by molar-refractivity contribution is 7.16. The summed E-state index contributed by atoms with van der Waals surface area (Å²) in [4.78, 5) is 24.0. The fourth-order valence-electron chi connectivity index (χ4n) is 2.30. The molecule has 0 radical (unpaired) electrons. The first-order valence-electron chi connectivity index (χ1n) is 6.25. The Kier molecular flexibility index (Phi) is 4.92. The van der Waals surface area contributed by atoms with E-state index in [2.05, 4.69) is 10.6 Å². The molecule has 1 heterocycles. The van der Waals surface area contributed by atoms with Crippen LogP contribution in [0.1, 0.15) is 34.1 Å². The number of hydrogen-bond donors (Lipinski definition) is 3. The average Bonchev–Trinajstić information content (AvgIpc) is 2.84. The minimum atomic E-state index is -1.77. The number of halogens is 3. The summed E-state index contributed by atoms with van der Waals surface area (Å²) in [6, 6.07) is 0. The Morgan fingerprint density at radius 1 is 1.33 bits per heavy atom. The number of alkyl halides is 3. The monoisotopic (exact) mass is 369 g/mol. The van der Waals surface area contributed by atoms with E-state index in [1.54, 1.807) is 0 Å². The zero-order valence-corrected chi connectivity index (χ0v) is 14.2. The van der Waals surface area contributed by atoms with Gasteiger partial charge in [-0.3, -0.25) is 9.59 Å². The molecule has 0 spiro atoms. The molecule has 0 aliphatic heterocycles. The van der Waals surface area contributed by atoms with E-state index in [4.69, 9.17) is 40.5 Å². The van der Waals surface area contributed by atoms with Crippen LogP contribution in [0.5, 0.6) is 0 Å². The van der Waals surface area contributed by atoms with Crippen molar-refractivity contribution in [3.8, 4) is 0 Å². The zero-order valence-electron chi connectivity index (χ0n) is 11.1. The van der Waals surface area contributed by atoms with Crippen molar-refractivity contribution in [3.63, 3.8) is 0 Å². The van der Waals surface area contributed by atoms with Crippen molar-refractivity contribution < 1.29 is 9.59 Å². The first-order valence-corrected chi connectivity index (χ1v) is 8.20. The smallest absolute Gasteiger partial charge is 0.251 e. The predicted molar refractivity (Wildman–Crippen MR) is 86.4 cm³/mol. The summed E-state index contributed by atoms with van der Waals surface area (Å²) >= 11 is 19.0. The Hall–Kier alpha value is -0.690. The second kappa shape index (κ2) is 6.20. The third-order valence-electron chi connectivity index (χ3n) is 3.12. The quantitative estimate of drug-likeness (QED) is 0.562. The molecule has 0 saturated heterocycles. The molecule has 0 saturated carbocycles. The molecule has 21 heavy (non-hydrogen) atoms. The molecule has 1 aromatic heterocycles. The maximum Gasteiger partial charge on any atom is 0.251 e. The van der Waals surface area contributed by atoms with Crippen LogP contribution in [0, 0.1) is 0 Å². The number of fused-ring (bicyclic) bond motifs is 1. The highest BCUT2D eigenvalue weighted by atomic mass is 35.6. The van der Waals surface area contributed by atoms with Crippen molar-refractivity contribution in [2.24, 2.45) is 5.73 Å². The molecule has 0 unspecified atom stereocenters. The summed E-state index contributed by atoms with van der Waals surface area (Å²) in [6.45, 7) is 1.31. The number of carbonyl (C=O) groups is 2. The van der Waals surface area contributed by atoms with Crippen LogP contribution in [0.2, 0.25) is 0 Å². The van der Waals surface area contributed by atoms with Crippen LogP contribution in [0.4, 0.5) is 5.00 Å². The largest absolute Gasteiger partial charge is 0.365 e. The molecule has 1 aliphatic carbocycles. The van der Waals surface area contributed by atoms with E-state index in [0.29, 0.717) is 10.6 Å². The highest BCUT2D eigenvalue weighted by Crippen LogP contribution is 2.40. The van der Waals surface area contributed by atoms with Crippen molar-refractivity contribution in [1.82, 2.24) is 5.32 Å². The SMILES string of the molecule is CC(=O)N[C@H](Nc1sc2c(c1C(N)=O)CCC2)C(Cl)(Cl)Cl. The average molecular weight is 371 g/mol. The lowest BCUT2D eigenvalue weighted by molar-refractivity contribution is -0.119. The number of anilines is 1. The van der Waals surface area contributed by atoms with Gasteiger partial charge in [-0.25, -0.2) is 0 Å². The number of aryl methyl sites for hydroxylation is 1. The molecule has 2 rings (SSSR count). The Morgan fingerprint density at radius 3 is 2.52 bits per heavy atom. The van der Waals surface area contributed by atoms with Gasteiger partial charge in [-0.2, -0.15) is 0 Å². The van der Waals surface area contributed by atoms with Crippen molar-refractivity contribution in [2.75, 3.05) is 5.32 Å². The van der Waals surface area contributed by atoms with Crippen molar-refractivity contribution >= 4 is 63.0 Å². The first-order chi connectivity index (χ1) is 9.70. The van der Waals surface area contributed by atoms with E-state index >= 15 is 0 Å². The van der Waals surface area contributed by atoms with Crippen LogP contribution in [-0.4, -0.2) is 21.8 Å². The molecular formula is C12H14Cl3N3O2S. The van der Waals surface area contributed by atoms with E-state index in [1.165, 1.54) is 18.3 Å². The zero-order chi connectivity index (χ0) is 15.8. The minimum Gasteiger partial charge on any atom is -0.365 e. The van der Waals surface area contributed by atoms with Gasteiger partial charge in [0.15, 0.2) is 0 Å². The fraction of sp³-hybridized carbons (Fsp3) is 0.500. The number of thiophene rings is 1. The summed E-state index contributed by atoms with van der Waals surface area (Å²) < 4.78 is -1.77. The molecule has 0 fully saturated rings. The summed E-state index contributed by atoms with van der Waals surface area (Å²) in [7, 11) is 0. The van der Waals surface area contributed by atoms with Crippen LogP contribution in [0.25, 0.3) is 0 Å². The first kappa shape index (κ1) is 16.7. The molecule has 2 amide bonds. The molecule has 9 heteroatoms. The van der Waals surface area contributed by atoms with Crippen molar-refractivity contribution in [3.05, 3.63) is 16.0 Å². The lowest BCUT2D eigenvalue weighted by Crippen LogP contribution is -2.48. The van der Waals surface area contributed by atoms with Crippen molar-refractivity contribution in [2.45, 2.75) is 36.1 Å². The lowest BCUT2D eigenvalue weighted by atomic mass is 10.1. The number of hydrogen-bond acceptors (Lipinski definition) is 4. The molecule has 116 valence electrons. The summed E-state index contributed by atoms with van der Waals surface area (Å²) in [5.41, 5.74) is 6.85. The van der Waals surface area contributed by atoms with Gasteiger partial charge in [0, 0.05) is 11.8 Å². The predicted octanol–water partition coefficient (Wildman–Crippen LogP) is 2.58. The second-order valence-corrected chi connectivity index (χ2v) is 8.22. The number of nitrogens with two attached hydrogens (primary N) is 1. The minimum absolute atomic E-state index is 0.358. The van der Waals surface area contributed by atoms with Crippen LogP contribution in [0.3, 0.4) is 0 Å². The molecule has 1 aliphatic rings. The molecule has 1 aromatic rings. The Labute approximate surface area is 141 Å². The van der Waals surface area contributed by atoms with Gasteiger partial charge < -0.3 is 16.4 Å². The number of rotatable bonds is 4. The maximum atomic E-state index is 11.7. The van der Waals surface area contributed by atoms with Crippen LogP contribution in [-0.2, 0) is 17.6 Å². The van der Waals surface area contributed by atoms with Gasteiger partial charge >= 0.3 is 0 Å². The number of amides is 2. The van der Waals surface area contributed by atoms with Gasteiger partial charge in [-0.1, -0.05) is 34.8 Å². The van der Waals surface area contributed by atoms with Gasteiger partial charge in [-0.15, -0.1) is 11.3 Å². The van der Waals surface area contributed by atoms with Gasteiger partial charge in [0.25, 0.3) is 5.91 Å². The molecule has 5 nitrogen and oxygen atoms in total. The number of nitrogens with one attached hydrogen (secondary N) is 2. The summed E-state index contributed by atoms with van der Waals surface area (Å²) in [6.07, 6.45) is 1.75. The molecular weight excluding hydrogens is 357 g/mol. The lowest BCUT2D eigenvalue weighted by Gasteiger charge is -2.26. The topological polar surface area (TPSA) is 84.2 Å². The molecule has 0 bridgehead atoms. The van der Waals surface area contributed by atoms with E-state index < -0.39 is 15.9 Å². The van der Waals surface area contributed by atoms with Crippen LogP contribution < -0.4 is 16.4 Å². The van der Waals surface area contributed by atoms with Gasteiger partial charge in [0.1, 0.15) is 11.2 Å². The van der Waals surface area contributed by atoms with E-state index in [-0.39, 0.29) is 5.91 Å². The number of primary amides is 1. The molecule has 4 N–H and O–H groups in total. The standard InChI is InChI=1S/C12H14Cl3N3O2S/c1-5(19)17-11(12(13,14)15)18-10-8(9(16)20)6-3-2-4-7(6)21-10/h11,18H,2-4H2,1H3,(H2,16,20)(H,17,19)/t11-/m1/s1. The Morgan fingerprint density at radius 2 is 2.00 bits per heavy atom. The maximum absolute atomic E-state index is 11.7. The Bertz CT molecular complexity index is 583. The summed E-state index contributed by atoms with van der Waals surface area (Å²) in [5.74, 6) is -0.883. The number of carbonyl (C=O) groups excluding carboxylic acids is 2. The van der Waals surface area contributed by atoms with Gasteiger partial charge in [-0.05, 0) is 24.8 Å². The fourth-order valence-corrected chi connectivity index (χ4v) is 3.95. The van der Waals surface area contributed by atoms with Crippen LogP contribution in [0.15, 0.2) is 0 Å². The van der Waals surface area contributed by atoms with Crippen LogP contribution >= 0.6 is 46.1 Å². The van der Waals surface area contributed by atoms with E-state index in [1.807, 2.05) is 0 Å². The Balaban J connectivity index is 2.33. The van der Waals surface area contributed by atoms with E-state index in [0.717, 1.165) is 29.7 Å².